The molecular weight excluding hydrogens is 484 g/mol. The molecule has 2 aromatic carbocycles. The van der Waals surface area contributed by atoms with Crippen LogP contribution >= 0.6 is 0 Å². The van der Waals surface area contributed by atoms with E-state index in [1.807, 2.05) is 40.8 Å². The number of nitrogens with one attached hydrogen (secondary N) is 2. The maximum atomic E-state index is 12.2. The summed E-state index contributed by atoms with van der Waals surface area (Å²) >= 11 is 0. The first-order chi connectivity index (χ1) is 18.0. The number of aromatic amines is 1. The van der Waals surface area contributed by atoms with E-state index < -0.39 is 17.7 Å². The molecule has 3 atom stereocenters. The van der Waals surface area contributed by atoms with Gasteiger partial charge in [-0.2, -0.15) is 0 Å². The van der Waals surface area contributed by atoms with Crippen LogP contribution in [-0.4, -0.2) is 46.4 Å². The maximum Gasteiger partial charge on any atom is 0.408 e. The van der Waals surface area contributed by atoms with Crippen LogP contribution < -0.4 is 10.1 Å². The zero-order valence-corrected chi connectivity index (χ0v) is 22.8. The molecule has 38 heavy (non-hydrogen) atoms. The number of esters is 1. The minimum absolute atomic E-state index is 0.195. The van der Waals surface area contributed by atoms with Crippen molar-refractivity contribution in [3.05, 3.63) is 59.0 Å². The molecule has 0 bridgehead atoms. The van der Waals surface area contributed by atoms with Crippen LogP contribution in [-0.2, 0) is 16.5 Å². The number of hydrogen-bond acceptors (Lipinski definition) is 6. The monoisotopic (exact) mass is 518 g/mol. The lowest BCUT2D eigenvalue weighted by Crippen LogP contribution is -2.34. The van der Waals surface area contributed by atoms with Gasteiger partial charge in [0.25, 0.3) is 0 Å². The predicted molar refractivity (Wildman–Crippen MR) is 145 cm³/mol. The predicted octanol–water partition coefficient (Wildman–Crippen LogP) is 5.71. The van der Waals surface area contributed by atoms with Gasteiger partial charge < -0.3 is 29.1 Å². The topological polar surface area (TPSA) is 107 Å². The van der Waals surface area contributed by atoms with Crippen molar-refractivity contribution in [2.45, 2.75) is 57.6 Å². The Hall–Kier alpha value is -4.01. The minimum atomic E-state index is -0.545. The molecular formula is C29H34N4O5. The van der Waals surface area contributed by atoms with Gasteiger partial charge in [0.15, 0.2) is 0 Å². The quantitative estimate of drug-likeness (QED) is 0.317. The highest BCUT2D eigenvalue weighted by Crippen LogP contribution is 2.55. The Balaban J connectivity index is 1.37. The highest BCUT2D eigenvalue weighted by Gasteiger charge is 2.44. The number of aryl methyl sites for hydroxylation is 1. The molecule has 2 unspecified atom stereocenters. The number of nitrogens with zero attached hydrogens (tertiary/aromatic N) is 2. The Labute approximate surface area is 221 Å². The van der Waals surface area contributed by atoms with Crippen molar-refractivity contribution < 1.29 is 23.8 Å². The number of ether oxygens (including phenoxy) is 3. The molecule has 2 N–H and O–H groups in total. The number of carbonyl (C=O) groups excluding carboxylic acids is 2. The van der Waals surface area contributed by atoms with E-state index >= 15 is 0 Å². The number of aromatic nitrogens is 3. The normalized spacial score (nSPS) is 17.9. The number of hydrogen-bond donors (Lipinski definition) is 2. The summed E-state index contributed by atoms with van der Waals surface area (Å²) in [5.74, 6) is 1.69. The largest absolute Gasteiger partial charge is 0.494 e. The minimum Gasteiger partial charge on any atom is -0.494 e. The molecule has 2 aromatic heterocycles. The van der Waals surface area contributed by atoms with Crippen molar-refractivity contribution in [2.75, 3.05) is 14.2 Å². The Morgan fingerprint density at radius 3 is 2.58 bits per heavy atom. The van der Waals surface area contributed by atoms with E-state index in [1.54, 1.807) is 19.2 Å². The van der Waals surface area contributed by atoms with Gasteiger partial charge in [-0.15, -0.1) is 0 Å². The van der Waals surface area contributed by atoms with Gasteiger partial charge in [-0.25, -0.2) is 14.6 Å². The van der Waals surface area contributed by atoms with Crippen LogP contribution in [0.1, 0.15) is 79.4 Å². The van der Waals surface area contributed by atoms with Crippen molar-refractivity contribution >= 4 is 34.0 Å². The Morgan fingerprint density at radius 1 is 1.13 bits per heavy atom. The second-order valence-corrected chi connectivity index (χ2v) is 11.0. The zero-order chi connectivity index (χ0) is 27.4. The molecule has 0 saturated heterocycles. The molecule has 1 aliphatic rings. The smallest absolute Gasteiger partial charge is 0.408 e. The van der Waals surface area contributed by atoms with Gasteiger partial charge in [0.1, 0.15) is 22.7 Å². The van der Waals surface area contributed by atoms with Crippen LogP contribution in [0.15, 0.2) is 36.4 Å². The van der Waals surface area contributed by atoms with E-state index in [-0.39, 0.29) is 12.0 Å². The van der Waals surface area contributed by atoms with Crippen molar-refractivity contribution in [1.82, 2.24) is 19.9 Å². The van der Waals surface area contributed by atoms with Crippen molar-refractivity contribution in [2.24, 2.45) is 7.05 Å². The van der Waals surface area contributed by atoms with Crippen molar-refractivity contribution in [3.63, 3.8) is 0 Å². The van der Waals surface area contributed by atoms with Crippen LogP contribution in [0, 0.1) is 0 Å². The molecule has 1 saturated carbocycles. The Kier molecular flexibility index (Phi) is 6.33. The fourth-order valence-corrected chi connectivity index (χ4v) is 5.08. The molecule has 0 spiro atoms. The van der Waals surface area contributed by atoms with Crippen LogP contribution in [0.25, 0.3) is 21.9 Å². The first-order valence-corrected chi connectivity index (χ1v) is 12.7. The van der Waals surface area contributed by atoms with Gasteiger partial charge in [0, 0.05) is 30.1 Å². The summed E-state index contributed by atoms with van der Waals surface area (Å²) in [6.07, 6.45) is 0.537. The number of H-pyrrole nitrogens is 1. The van der Waals surface area contributed by atoms with E-state index in [1.165, 1.54) is 7.11 Å². The fraction of sp³-hybridized carbons (Fsp3) is 0.414. The van der Waals surface area contributed by atoms with Gasteiger partial charge in [0.05, 0.1) is 31.3 Å². The van der Waals surface area contributed by atoms with Gasteiger partial charge in [-0.1, -0.05) is 12.1 Å². The summed E-state index contributed by atoms with van der Waals surface area (Å²) in [4.78, 5) is 32.8. The number of amides is 1. The average Bonchev–Trinajstić information content (AvgIpc) is 3.42. The van der Waals surface area contributed by atoms with Crippen LogP contribution in [0.4, 0.5) is 4.79 Å². The Morgan fingerprint density at radius 2 is 1.89 bits per heavy atom. The highest BCUT2D eigenvalue weighted by molar-refractivity contribution is 5.96. The van der Waals surface area contributed by atoms with Gasteiger partial charge in [0.2, 0.25) is 0 Å². The summed E-state index contributed by atoms with van der Waals surface area (Å²) < 4.78 is 17.9. The fourth-order valence-electron chi connectivity index (χ4n) is 5.08. The van der Waals surface area contributed by atoms with E-state index in [4.69, 9.17) is 19.2 Å². The molecule has 1 amide bonds. The number of benzene rings is 2. The lowest BCUT2D eigenvalue weighted by atomic mass is 10.1. The summed E-state index contributed by atoms with van der Waals surface area (Å²) in [5.41, 5.74) is 4.61. The van der Waals surface area contributed by atoms with Crippen molar-refractivity contribution in [3.8, 4) is 5.75 Å². The number of alkyl carbamates (subject to hydrolysis) is 1. The van der Waals surface area contributed by atoms with E-state index in [0.29, 0.717) is 22.7 Å². The summed E-state index contributed by atoms with van der Waals surface area (Å²) in [5, 5.41) is 4.02. The lowest BCUT2D eigenvalue weighted by molar-refractivity contribution is 0.0507. The second kappa shape index (κ2) is 9.38. The molecule has 9 nitrogen and oxygen atoms in total. The number of imidazole rings is 1. The summed E-state index contributed by atoms with van der Waals surface area (Å²) in [7, 11) is 4.93. The summed E-state index contributed by atoms with van der Waals surface area (Å²) in [6.45, 7) is 7.48. The van der Waals surface area contributed by atoms with Crippen LogP contribution in [0.2, 0.25) is 0 Å². The molecule has 5 rings (SSSR count). The number of methoxy groups -OCH3 is 2. The zero-order valence-electron chi connectivity index (χ0n) is 22.8. The molecule has 9 heteroatoms. The van der Waals surface area contributed by atoms with Crippen LogP contribution in [0.5, 0.6) is 5.75 Å². The molecule has 4 aromatic rings. The standard InChI is InChI=1S/C29H34N4O5/c1-15(30-28(35)38-29(2,3)4)16-8-9-17-11-22(31-21(17)10-16)19-14-20(19)26-32-23-12-18(27(34)37-7)13-24(36-6)25(23)33(26)5/h8-13,15,19-20,31H,14H2,1-7H3,(H,30,35)/t15?,19?,20-/m1/s1. The van der Waals surface area contributed by atoms with Gasteiger partial charge in [-0.3, -0.25) is 0 Å². The number of fused-ring (bicyclic) bond motifs is 2. The third kappa shape index (κ3) is 4.80. The first-order valence-electron chi connectivity index (χ1n) is 12.7. The van der Waals surface area contributed by atoms with Gasteiger partial charge in [-0.05, 0) is 69.3 Å². The summed E-state index contributed by atoms with van der Waals surface area (Å²) in [6, 6.07) is 11.6. The Bertz CT molecular complexity index is 1540. The molecule has 1 fully saturated rings. The third-order valence-electron chi connectivity index (χ3n) is 7.03. The second-order valence-electron chi connectivity index (χ2n) is 11.0. The van der Waals surface area contributed by atoms with E-state index in [0.717, 1.165) is 39.9 Å². The van der Waals surface area contributed by atoms with E-state index in [9.17, 15) is 9.59 Å². The first kappa shape index (κ1) is 25.6. The molecule has 0 aliphatic heterocycles. The van der Waals surface area contributed by atoms with Crippen LogP contribution in [0.3, 0.4) is 0 Å². The molecule has 1 aliphatic carbocycles. The SMILES string of the molecule is COC(=O)c1cc(OC)c2c(c1)nc([C@@H]1CC1c1cc3ccc(C(C)NC(=O)OC(C)(C)C)cc3[nH]1)n2C. The molecule has 200 valence electrons. The number of rotatable bonds is 6. The maximum absolute atomic E-state index is 12.2. The van der Waals surface area contributed by atoms with Gasteiger partial charge >= 0.3 is 12.1 Å². The molecule has 2 heterocycles. The lowest BCUT2D eigenvalue weighted by Gasteiger charge is -2.22. The third-order valence-corrected chi connectivity index (χ3v) is 7.03. The highest BCUT2D eigenvalue weighted by atomic mass is 16.6. The average molecular weight is 519 g/mol. The number of carbonyl (C=O) groups is 2. The molecule has 0 radical (unpaired) electrons. The van der Waals surface area contributed by atoms with E-state index in [2.05, 4.69) is 33.1 Å². The van der Waals surface area contributed by atoms with Crippen molar-refractivity contribution in [1.29, 1.82) is 0 Å².